The van der Waals surface area contributed by atoms with E-state index in [0.29, 0.717) is 58.6 Å². The SMILES string of the molecule is CCOc1cc([C@H]2NC(=O)NC(C)=C2C(=O)OC)ccc1OC[C@@H](O)N/N=C/c1ccc(OCc2ccc(C#N)cc2)c(OC)c1. The van der Waals surface area contributed by atoms with Gasteiger partial charge in [-0.2, -0.15) is 10.4 Å². The molecular weight excluding hydrogens is 594 g/mol. The van der Waals surface area contributed by atoms with E-state index in [1.54, 1.807) is 62.4 Å². The second kappa shape index (κ2) is 15.8. The van der Waals surface area contributed by atoms with E-state index < -0.39 is 24.3 Å². The number of urea groups is 1. The van der Waals surface area contributed by atoms with Crippen LogP contribution in [-0.4, -0.2) is 57.0 Å². The quantitative estimate of drug-likeness (QED) is 0.0892. The highest BCUT2D eigenvalue weighted by atomic mass is 16.5. The minimum atomic E-state index is -1.16. The molecule has 0 saturated carbocycles. The lowest BCUT2D eigenvalue weighted by atomic mass is 9.95. The van der Waals surface area contributed by atoms with E-state index in [1.807, 2.05) is 12.1 Å². The van der Waals surface area contributed by atoms with Gasteiger partial charge in [0.1, 0.15) is 13.2 Å². The molecule has 0 aliphatic carbocycles. The summed E-state index contributed by atoms with van der Waals surface area (Å²) in [7, 11) is 2.80. The Morgan fingerprint density at radius 3 is 2.48 bits per heavy atom. The van der Waals surface area contributed by atoms with E-state index in [1.165, 1.54) is 20.4 Å². The molecule has 0 bridgehead atoms. The number of esters is 1. The number of aliphatic hydroxyl groups excluding tert-OH is 1. The summed E-state index contributed by atoms with van der Waals surface area (Å²) in [5.41, 5.74) is 6.02. The minimum Gasteiger partial charge on any atom is -0.493 e. The molecule has 1 aliphatic heterocycles. The highest BCUT2D eigenvalue weighted by molar-refractivity contribution is 5.95. The van der Waals surface area contributed by atoms with Crippen molar-refractivity contribution in [3.8, 4) is 29.1 Å². The van der Waals surface area contributed by atoms with E-state index in [2.05, 4.69) is 27.2 Å². The van der Waals surface area contributed by atoms with Gasteiger partial charge in [0.05, 0.1) is 50.3 Å². The molecule has 13 nitrogen and oxygen atoms in total. The molecule has 3 aromatic carbocycles. The van der Waals surface area contributed by atoms with Gasteiger partial charge in [-0.3, -0.25) is 5.43 Å². The van der Waals surface area contributed by atoms with Crippen LogP contribution in [0.2, 0.25) is 0 Å². The number of nitrogens with one attached hydrogen (secondary N) is 3. The van der Waals surface area contributed by atoms with Gasteiger partial charge >= 0.3 is 12.0 Å². The highest BCUT2D eigenvalue weighted by Crippen LogP contribution is 2.35. The number of benzene rings is 3. The van der Waals surface area contributed by atoms with Crippen molar-refractivity contribution in [1.82, 2.24) is 16.1 Å². The lowest BCUT2D eigenvalue weighted by Crippen LogP contribution is -2.45. The highest BCUT2D eigenvalue weighted by Gasteiger charge is 2.32. The Balaban J connectivity index is 1.35. The van der Waals surface area contributed by atoms with Crippen LogP contribution in [0.1, 0.15) is 42.1 Å². The van der Waals surface area contributed by atoms with Crippen molar-refractivity contribution in [2.24, 2.45) is 5.10 Å². The molecule has 0 fully saturated rings. The fraction of sp³-hybridized carbons (Fsp3) is 0.273. The lowest BCUT2D eigenvalue weighted by Gasteiger charge is -2.28. The van der Waals surface area contributed by atoms with Crippen LogP contribution in [0.25, 0.3) is 0 Å². The van der Waals surface area contributed by atoms with Crippen LogP contribution in [0.4, 0.5) is 4.79 Å². The predicted molar refractivity (Wildman–Crippen MR) is 167 cm³/mol. The molecular formula is C33H35N5O8. The summed E-state index contributed by atoms with van der Waals surface area (Å²) in [6, 6.07) is 18.2. The number of aliphatic hydroxyl groups is 1. The van der Waals surface area contributed by atoms with Gasteiger partial charge in [0.25, 0.3) is 0 Å². The maximum absolute atomic E-state index is 12.4. The number of carbonyl (C=O) groups is 2. The number of nitriles is 1. The van der Waals surface area contributed by atoms with Crippen LogP contribution < -0.4 is 35.0 Å². The van der Waals surface area contributed by atoms with Gasteiger partial charge in [0, 0.05) is 5.70 Å². The molecule has 4 N–H and O–H groups in total. The molecule has 13 heteroatoms. The molecule has 3 aromatic rings. The summed E-state index contributed by atoms with van der Waals surface area (Å²) >= 11 is 0. The number of hydrogen-bond acceptors (Lipinski definition) is 11. The second-order valence-corrected chi connectivity index (χ2v) is 9.92. The van der Waals surface area contributed by atoms with Gasteiger partial charge in [-0.25, -0.2) is 9.59 Å². The summed E-state index contributed by atoms with van der Waals surface area (Å²) < 4.78 is 27.8. The zero-order valence-corrected chi connectivity index (χ0v) is 25.8. The minimum absolute atomic E-state index is 0.168. The number of carbonyl (C=O) groups excluding carboxylic acids is 2. The first-order valence-electron chi connectivity index (χ1n) is 14.3. The first-order chi connectivity index (χ1) is 22.3. The van der Waals surface area contributed by atoms with E-state index in [-0.39, 0.29) is 12.2 Å². The molecule has 2 amide bonds. The number of allylic oxidation sites excluding steroid dienone is 1. The van der Waals surface area contributed by atoms with Crippen LogP contribution in [0.5, 0.6) is 23.0 Å². The Bertz CT molecular complexity index is 1650. The van der Waals surface area contributed by atoms with Gasteiger partial charge < -0.3 is 39.4 Å². The molecule has 4 rings (SSSR count). The predicted octanol–water partition coefficient (Wildman–Crippen LogP) is 3.67. The van der Waals surface area contributed by atoms with Crippen molar-refractivity contribution >= 4 is 18.2 Å². The molecule has 2 atom stereocenters. The normalized spacial score (nSPS) is 14.9. The molecule has 0 saturated heterocycles. The zero-order valence-electron chi connectivity index (χ0n) is 25.8. The Labute approximate surface area is 266 Å². The van der Waals surface area contributed by atoms with E-state index in [0.717, 1.165) is 5.56 Å². The molecule has 0 unspecified atom stereocenters. The van der Waals surface area contributed by atoms with Crippen molar-refractivity contribution in [3.05, 3.63) is 94.2 Å². The van der Waals surface area contributed by atoms with Crippen LogP contribution in [-0.2, 0) is 16.1 Å². The zero-order chi connectivity index (χ0) is 33.1. The number of hydrogen-bond donors (Lipinski definition) is 4. The van der Waals surface area contributed by atoms with Crippen LogP contribution in [0, 0.1) is 11.3 Å². The van der Waals surface area contributed by atoms with Crippen molar-refractivity contribution in [2.75, 3.05) is 27.4 Å². The summed E-state index contributed by atoms with van der Waals surface area (Å²) in [5, 5.41) is 28.8. The molecule has 46 heavy (non-hydrogen) atoms. The Kier molecular flexibility index (Phi) is 11.4. The fourth-order valence-electron chi connectivity index (χ4n) is 4.54. The average Bonchev–Trinajstić information content (AvgIpc) is 3.06. The second-order valence-electron chi connectivity index (χ2n) is 9.92. The molecule has 0 radical (unpaired) electrons. The van der Waals surface area contributed by atoms with E-state index in [9.17, 15) is 14.7 Å². The van der Waals surface area contributed by atoms with Crippen molar-refractivity contribution in [2.45, 2.75) is 32.7 Å². The Hall–Kier alpha value is -5.74. The first kappa shape index (κ1) is 33.2. The van der Waals surface area contributed by atoms with Gasteiger partial charge in [0.2, 0.25) is 0 Å². The monoisotopic (exact) mass is 629 g/mol. The van der Waals surface area contributed by atoms with Crippen LogP contribution in [0.15, 0.2) is 77.0 Å². The lowest BCUT2D eigenvalue weighted by molar-refractivity contribution is -0.136. The van der Waals surface area contributed by atoms with Crippen molar-refractivity contribution in [3.63, 3.8) is 0 Å². The van der Waals surface area contributed by atoms with Gasteiger partial charge in [0.15, 0.2) is 29.2 Å². The smallest absolute Gasteiger partial charge is 0.337 e. The number of hydrazone groups is 1. The van der Waals surface area contributed by atoms with Gasteiger partial charge in [-0.05, 0) is 73.0 Å². The summed E-state index contributed by atoms with van der Waals surface area (Å²) in [4.78, 5) is 24.6. The number of rotatable bonds is 14. The van der Waals surface area contributed by atoms with Crippen LogP contribution in [0.3, 0.4) is 0 Å². The van der Waals surface area contributed by atoms with Crippen molar-refractivity contribution < 1.29 is 38.4 Å². The third-order valence-corrected chi connectivity index (χ3v) is 6.77. The maximum Gasteiger partial charge on any atom is 0.337 e. The maximum atomic E-state index is 12.4. The van der Waals surface area contributed by atoms with Crippen LogP contribution >= 0.6 is 0 Å². The Morgan fingerprint density at radius 1 is 1.04 bits per heavy atom. The number of nitrogens with zero attached hydrogens (tertiary/aromatic N) is 2. The standard InChI is InChI=1S/C33H35N5O8/c1-5-44-28-15-24(31-30(32(40)43-4)20(2)36-33(41)37-31)11-13-26(28)46-19-29(39)38-35-17-23-10-12-25(27(14-23)42-3)45-18-22-8-6-21(16-34)7-9-22/h6-15,17,29,31,38-39H,5,18-19H2,1-4H3,(H2,36,37,41)/b35-17+/t29-,31-/m1/s1. The van der Waals surface area contributed by atoms with Gasteiger partial charge in [-0.15, -0.1) is 0 Å². The molecule has 0 spiro atoms. The summed E-state index contributed by atoms with van der Waals surface area (Å²) in [5.74, 6) is 1.17. The molecule has 1 aliphatic rings. The van der Waals surface area contributed by atoms with E-state index >= 15 is 0 Å². The summed E-state index contributed by atoms with van der Waals surface area (Å²) in [6.07, 6.45) is 0.348. The number of methoxy groups -OCH3 is 2. The summed E-state index contributed by atoms with van der Waals surface area (Å²) in [6.45, 7) is 3.89. The third kappa shape index (κ3) is 8.46. The molecule has 1 heterocycles. The fourth-order valence-corrected chi connectivity index (χ4v) is 4.54. The number of ether oxygens (including phenoxy) is 5. The first-order valence-corrected chi connectivity index (χ1v) is 14.3. The van der Waals surface area contributed by atoms with Gasteiger partial charge in [-0.1, -0.05) is 18.2 Å². The average molecular weight is 630 g/mol. The number of amides is 2. The van der Waals surface area contributed by atoms with Crippen molar-refractivity contribution in [1.29, 1.82) is 5.26 Å². The Morgan fingerprint density at radius 2 is 1.78 bits per heavy atom. The largest absolute Gasteiger partial charge is 0.493 e. The molecule has 240 valence electrons. The molecule has 0 aromatic heterocycles. The topological polar surface area (TPSA) is 173 Å². The van der Waals surface area contributed by atoms with E-state index in [4.69, 9.17) is 28.9 Å². The third-order valence-electron chi connectivity index (χ3n) is 6.77.